The minimum absolute atomic E-state index is 0.0159. The summed E-state index contributed by atoms with van der Waals surface area (Å²) in [5, 5.41) is 20.4. The van der Waals surface area contributed by atoms with Gasteiger partial charge in [0.25, 0.3) is 16.8 Å². The Balaban J connectivity index is 1.84. The third-order valence-corrected chi connectivity index (χ3v) is 5.89. The van der Waals surface area contributed by atoms with Crippen molar-refractivity contribution in [3.8, 4) is 5.75 Å². The number of phenolic OH excluding ortho intramolecular Hbond substituents is 1. The molecule has 0 aromatic heterocycles. The number of halogens is 2. The molecule has 0 unspecified atom stereocenters. The molecule has 27 heavy (non-hydrogen) atoms. The van der Waals surface area contributed by atoms with Crippen molar-refractivity contribution in [2.24, 2.45) is 0 Å². The standard InChI is InChI=1S/C17H10BrIN2O5S/c18-11-5-10(15(22)13(19)7-11)6-14-16(23)20(17(24)27-14)8-9-1-3-12(4-2-9)21(25)26/h1-7,22H,8H2/b14-6-. The Morgan fingerprint density at radius 1 is 1.26 bits per heavy atom. The highest BCUT2D eigenvalue weighted by Gasteiger charge is 2.35. The Kier molecular flexibility index (Phi) is 5.86. The van der Waals surface area contributed by atoms with E-state index in [0.717, 1.165) is 21.1 Å². The Bertz CT molecular complexity index is 994. The fourth-order valence-electron chi connectivity index (χ4n) is 2.38. The van der Waals surface area contributed by atoms with Gasteiger partial charge in [0.15, 0.2) is 0 Å². The summed E-state index contributed by atoms with van der Waals surface area (Å²) in [6, 6.07) is 9.05. The molecule has 1 fully saturated rings. The minimum Gasteiger partial charge on any atom is -0.506 e. The van der Waals surface area contributed by atoms with Crippen LogP contribution in [-0.4, -0.2) is 26.1 Å². The molecule has 7 nitrogen and oxygen atoms in total. The lowest BCUT2D eigenvalue weighted by atomic mass is 10.1. The molecule has 3 rings (SSSR count). The molecule has 1 N–H and O–H groups in total. The highest BCUT2D eigenvalue weighted by atomic mass is 127. The number of phenols is 1. The second-order valence-corrected chi connectivity index (χ2v) is 8.59. The van der Waals surface area contributed by atoms with Crippen molar-refractivity contribution in [3.63, 3.8) is 0 Å². The molecule has 0 aliphatic carbocycles. The zero-order valence-corrected chi connectivity index (χ0v) is 17.9. The van der Waals surface area contributed by atoms with Gasteiger partial charge in [-0.1, -0.05) is 28.1 Å². The quantitative estimate of drug-likeness (QED) is 0.247. The summed E-state index contributed by atoms with van der Waals surface area (Å²) in [4.78, 5) is 36.3. The minimum atomic E-state index is -0.515. The zero-order valence-electron chi connectivity index (χ0n) is 13.4. The van der Waals surface area contributed by atoms with Gasteiger partial charge in [-0.3, -0.25) is 24.6 Å². The number of benzene rings is 2. The van der Waals surface area contributed by atoms with Gasteiger partial charge in [0, 0.05) is 22.2 Å². The van der Waals surface area contributed by atoms with Crippen molar-refractivity contribution in [2.75, 3.05) is 0 Å². The number of nitrogens with zero attached hydrogens (tertiary/aromatic N) is 2. The van der Waals surface area contributed by atoms with Crippen LogP contribution in [0.4, 0.5) is 10.5 Å². The van der Waals surface area contributed by atoms with E-state index in [-0.39, 0.29) is 22.9 Å². The van der Waals surface area contributed by atoms with Gasteiger partial charge in [-0.2, -0.15) is 0 Å². The highest BCUT2D eigenvalue weighted by Crippen LogP contribution is 2.36. The number of nitro groups is 1. The van der Waals surface area contributed by atoms with Gasteiger partial charge in [0.05, 0.1) is 19.9 Å². The fraction of sp³-hybridized carbons (Fsp3) is 0.0588. The van der Waals surface area contributed by atoms with Crippen LogP contribution in [0.3, 0.4) is 0 Å². The van der Waals surface area contributed by atoms with Crippen LogP contribution < -0.4 is 0 Å². The van der Waals surface area contributed by atoms with Crippen molar-refractivity contribution in [3.05, 3.63) is 70.6 Å². The first-order valence-corrected chi connectivity index (χ1v) is 10.1. The summed E-state index contributed by atoms with van der Waals surface area (Å²) in [5.41, 5.74) is 0.964. The topological polar surface area (TPSA) is 101 Å². The summed E-state index contributed by atoms with van der Waals surface area (Å²) in [5.74, 6) is -0.446. The van der Waals surface area contributed by atoms with Crippen molar-refractivity contribution in [2.45, 2.75) is 6.54 Å². The lowest BCUT2D eigenvalue weighted by Gasteiger charge is -2.12. The predicted octanol–water partition coefficient (Wildman–Crippen LogP) is 4.90. The monoisotopic (exact) mass is 560 g/mol. The van der Waals surface area contributed by atoms with Gasteiger partial charge in [0.2, 0.25) is 0 Å². The molecule has 2 amide bonds. The summed E-state index contributed by atoms with van der Waals surface area (Å²) in [6.45, 7) is 0.0159. The van der Waals surface area contributed by atoms with Crippen LogP contribution in [0, 0.1) is 13.7 Å². The largest absolute Gasteiger partial charge is 0.506 e. The van der Waals surface area contributed by atoms with Crippen LogP contribution in [0.2, 0.25) is 0 Å². The number of carbonyl (C=O) groups is 2. The molecule has 1 saturated heterocycles. The predicted molar refractivity (Wildman–Crippen MR) is 113 cm³/mol. The summed E-state index contributed by atoms with van der Waals surface area (Å²) < 4.78 is 1.35. The normalized spacial score (nSPS) is 15.6. The maximum atomic E-state index is 12.6. The maximum absolute atomic E-state index is 12.6. The van der Waals surface area contributed by atoms with Crippen LogP contribution in [0.1, 0.15) is 11.1 Å². The molecule has 2 aromatic rings. The first kappa shape index (κ1) is 19.8. The van der Waals surface area contributed by atoms with Gasteiger partial charge in [0.1, 0.15) is 5.75 Å². The third kappa shape index (κ3) is 4.33. The third-order valence-electron chi connectivity index (χ3n) is 3.71. The summed E-state index contributed by atoms with van der Waals surface area (Å²) >= 11 is 6.09. The molecule has 0 radical (unpaired) electrons. The molecule has 2 aromatic carbocycles. The van der Waals surface area contributed by atoms with E-state index < -0.39 is 16.1 Å². The average Bonchev–Trinajstić information content (AvgIpc) is 2.87. The van der Waals surface area contributed by atoms with E-state index in [1.807, 2.05) is 22.6 Å². The number of thioether (sulfide) groups is 1. The lowest BCUT2D eigenvalue weighted by molar-refractivity contribution is -0.384. The Morgan fingerprint density at radius 2 is 1.93 bits per heavy atom. The van der Waals surface area contributed by atoms with Crippen LogP contribution in [0.25, 0.3) is 6.08 Å². The van der Waals surface area contributed by atoms with E-state index in [4.69, 9.17) is 0 Å². The number of hydrogen-bond donors (Lipinski definition) is 1. The van der Waals surface area contributed by atoms with E-state index in [1.165, 1.54) is 30.3 Å². The number of rotatable bonds is 4. The van der Waals surface area contributed by atoms with Crippen LogP contribution >= 0.6 is 50.3 Å². The number of aromatic hydroxyl groups is 1. The number of amides is 2. The SMILES string of the molecule is O=C1S/C(=C\c2cc(Br)cc(I)c2O)C(=O)N1Cc1ccc([N+](=O)[O-])cc1. The van der Waals surface area contributed by atoms with Crippen LogP contribution in [0.15, 0.2) is 45.8 Å². The van der Waals surface area contributed by atoms with Crippen molar-refractivity contribution < 1.29 is 19.6 Å². The molecule has 0 bridgehead atoms. The molecular formula is C17H10BrIN2O5S. The van der Waals surface area contributed by atoms with E-state index in [1.54, 1.807) is 12.1 Å². The van der Waals surface area contributed by atoms with Crippen LogP contribution in [-0.2, 0) is 11.3 Å². The smallest absolute Gasteiger partial charge is 0.293 e. The first-order chi connectivity index (χ1) is 12.8. The number of imide groups is 1. The van der Waals surface area contributed by atoms with Gasteiger partial charge in [-0.15, -0.1) is 0 Å². The van der Waals surface area contributed by atoms with E-state index >= 15 is 0 Å². The second kappa shape index (κ2) is 7.98. The van der Waals surface area contributed by atoms with E-state index in [9.17, 15) is 24.8 Å². The number of hydrogen-bond acceptors (Lipinski definition) is 6. The van der Waals surface area contributed by atoms with E-state index in [0.29, 0.717) is 14.7 Å². The van der Waals surface area contributed by atoms with Crippen molar-refractivity contribution >= 4 is 73.2 Å². The highest BCUT2D eigenvalue weighted by molar-refractivity contribution is 14.1. The Hall–Kier alpha value is -1.92. The number of non-ortho nitro benzene ring substituents is 1. The molecule has 0 atom stereocenters. The molecular weight excluding hydrogens is 551 g/mol. The van der Waals surface area contributed by atoms with Gasteiger partial charge in [-0.25, -0.2) is 0 Å². The van der Waals surface area contributed by atoms with Gasteiger partial charge < -0.3 is 5.11 Å². The van der Waals surface area contributed by atoms with Crippen LogP contribution in [0.5, 0.6) is 5.75 Å². The van der Waals surface area contributed by atoms with Crippen molar-refractivity contribution in [1.82, 2.24) is 4.90 Å². The molecule has 10 heteroatoms. The van der Waals surface area contributed by atoms with Gasteiger partial charge >= 0.3 is 0 Å². The number of nitro benzene ring substituents is 1. The molecule has 138 valence electrons. The summed E-state index contributed by atoms with van der Waals surface area (Å²) in [7, 11) is 0. The summed E-state index contributed by atoms with van der Waals surface area (Å²) in [6.07, 6.45) is 1.48. The molecule has 1 heterocycles. The fourth-order valence-corrected chi connectivity index (χ4v) is 4.76. The molecule has 0 spiro atoms. The van der Waals surface area contributed by atoms with Gasteiger partial charge in [-0.05, 0) is 58.1 Å². The Labute approximate surface area is 179 Å². The first-order valence-electron chi connectivity index (χ1n) is 7.43. The Morgan fingerprint density at radius 3 is 2.56 bits per heavy atom. The molecule has 0 saturated carbocycles. The second-order valence-electron chi connectivity index (χ2n) is 5.52. The lowest BCUT2D eigenvalue weighted by Crippen LogP contribution is -2.27. The number of carbonyl (C=O) groups excluding carboxylic acids is 2. The molecule has 1 aliphatic rings. The van der Waals surface area contributed by atoms with Crippen molar-refractivity contribution in [1.29, 1.82) is 0 Å². The average molecular weight is 561 g/mol. The zero-order chi connectivity index (χ0) is 19.7. The maximum Gasteiger partial charge on any atom is 0.293 e. The van der Waals surface area contributed by atoms with E-state index in [2.05, 4.69) is 15.9 Å². The molecule has 1 aliphatic heterocycles.